The smallest absolute Gasteiger partial charge is 0.0339 e. The topological polar surface area (TPSA) is 12.0 Å². The largest absolute Gasteiger partial charge is 0.310 e. The first kappa shape index (κ1) is 14.9. The van der Waals surface area contributed by atoms with Crippen LogP contribution in [0.15, 0.2) is 29.2 Å². The quantitative estimate of drug-likeness (QED) is 0.658. The lowest BCUT2D eigenvalue weighted by Gasteiger charge is -2.26. The molecule has 0 saturated carbocycles. The van der Waals surface area contributed by atoms with Gasteiger partial charge in [-0.15, -0.1) is 11.8 Å². The maximum Gasteiger partial charge on any atom is 0.0339 e. The minimum atomic E-state index is 0.591. The Labute approximate surface area is 122 Å². The number of rotatable bonds is 8. The number of hydrogen-bond acceptors (Lipinski definition) is 2. The lowest BCUT2D eigenvalue weighted by molar-refractivity contribution is 0.487. The highest BCUT2D eigenvalue weighted by atomic mass is 32.2. The second kappa shape index (κ2) is 8.65. The van der Waals surface area contributed by atoms with Gasteiger partial charge in [-0.25, -0.2) is 0 Å². The van der Waals surface area contributed by atoms with E-state index in [0.29, 0.717) is 6.04 Å². The van der Waals surface area contributed by atoms with Crippen molar-refractivity contribution in [1.82, 2.24) is 5.32 Å². The molecule has 1 aliphatic rings. The summed E-state index contributed by atoms with van der Waals surface area (Å²) < 4.78 is 0. The average molecular weight is 277 g/mol. The molecule has 1 atom stereocenters. The van der Waals surface area contributed by atoms with E-state index in [1.807, 2.05) is 11.8 Å². The van der Waals surface area contributed by atoms with Gasteiger partial charge < -0.3 is 5.32 Å². The summed E-state index contributed by atoms with van der Waals surface area (Å²) in [5, 5.41) is 3.76. The van der Waals surface area contributed by atoms with E-state index in [4.69, 9.17) is 0 Å². The summed E-state index contributed by atoms with van der Waals surface area (Å²) in [7, 11) is 0. The predicted molar refractivity (Wildman–Crippen MR) is 85.9 cm³/mol. The molecular formula is C17H27NS. The summed E-state index contributed by atoms with van der Waals surface area (Å²) in [5.74, 6) is 1.26. The van der Waals surface area contributed by atoms with Crippen LogP contribution in [0.3, 0.4) is 0 Å². The third kappa shape index (κ3) is 4.85. The Bertz CT molecular complexity index is 364. The van der Waals surface area contributed by atoms with E-state index in [1.165, 1.54) is 67.7 Å². The van der Waals surface area contributed by atoms with E-state index in [-0.39, 0.29) is 0 Å². The van der Waals surface area contributed by atoms with Crippen molar-refractivity contribution in [2.75, 3.05) is 12.3 Å². The minimum absolute atomic E-state index is 0.591. The van der Waals surface area contributed by atoms with Crippen LogP contribution in [0.2, 0.25) is 0 Å². The van der Waals surface area contributed by atoms with Crippen LogP contribution >= 0.6 is 11.8 Å². The van der Waals surface area contributed by atoms with Crippen LogP contribution < -0.4 is 5.32 Å². The molecule has 1 aliphatic heterocycles. The second-order valence-electron chi connectivity index (χ2n) is 5.45. The molecule has 2 rings (SSSR count). The van der Waals surface area contributed by atoms with Crippen molar-refractivity contribution in [3.05, 3.63) is 29.8 Å². The van der Waals surface area contributed by atoms with Crippen LogP contribution in [-0.4, -0.2) is 12.3 Å². The Morgan fingerprint density at radius 3 is 2.79 bits per heavy atom. The monoisotopic (exact) mass is 277 g/mol. The summed E-state index contributed by atoms with van der Waals surface area (Å²) in [5.41, 5.74) is 1.52. The highest BCUT2D eigenvalue weighted by Crippen LogP contribution is 2.35. The summed E-state index contributed by atoms with van der Waals surface area (Å²) in [6.45, 7) is 3.45. The molecule has 0 bridgehead atoms. The zero-order valence-corrected chi connectivity index (χ0v) is 13.0. The molecular weight excluding hydrogens is 250 g/mol. The van der Waals surface area contributed by atoms with E-state index in [1.54, 1.807) is 0 Å². The molecule has 0 amide bonds. The Hall–Kier alpha value is -0.470. The molecule has 1 aromatic carbocycles. The fraction of sp³-hybridized carbons (Fsp3) is 0.647. The van der Waals surface area contributed by atoms with Crippen molar-refractivity contribution >= 4 is 11.8 Å². The van der Waals surface area contributed by atoms with Crippen LogP contribution in [0.4, 0.5) is 0 Å². The van der Waals surface area contributed by atoms with Gasteiger partial charge in [-0.3, -0.25) is 0 Å². The fourth-order valence-electron chi connectivity index (χ4n) is 2.74. The standard InChI is InChI=1S/C17H27NS/c1-2-3-4-5-6-9-13-18-16-12-14-19-17-11-8-7-10-15(16)17/h7-8,10-11,16,18H,2-6,9,12-14H2,1H3. The van der Waals surface area contributed by atoms with E-state index >= 15 is 0 Å². The number of hydrogen-bond donors (Lipinski definition) is 1. The molecule has 1 N–H and O–H groups in total. The van der Waals surface area contributed by atoms with Gasteiger partial charge >= 0.3 is 0 Å². The number of fused-ring (bicyclic) bond motifs is 1. The predicted octanol–water partition coefficient (Wildman–Crippen LogP) is 5.17. The molecule has 0 aliphatic carbocycles. The average Bonchev–Trinajstić information content (AvgIpc) is 2.46. The van der Waals surface area contributed by atoms with Crippen molar-refractivity contribution < 1.29 is 0 Å². The van der Waals surface area contributed by atoms with Crippen LogP contribution in [0.5, 0.6) is 0 Å². The first-order valence-electron chi connectivity index (χ1n) is 7.87. The second-order valence-corrected chi connectivity index (χ2v) is 6.59. The number of thioether (sulfide) groups is 1. The molecule has 0 radical (unpaired) electrons. The Balaban J connectivity index is 1.67. The Morgan fingerprint density at radius 1 is 1.11 bits per heavy atom. The normalized spacial score (nSPS) is 18.3. The zero-order chi connectivity index (χ0) is 13.3. The van der Waals surface area contributed by atoms with Gasteiger partial charge in [-0.2, -0.15) is 0 Å². The first-order valence-corrected chi connectivity index (χ1v) is 8.85. The summed E-state index contributed by atoms with van der Waals surface area (Å²) in [4.78, 5) is 1.48. The molecule has 1 unspecified atom stereocenters. The molecule has 1 heterocycles. The summed E-state index contributed by atoms with van der Waals surface area (Å²) >= 11 is 2.01. The third-order valence-electron chi connectivity index (χ3n) is 3.88. The van der Waals surface area contributed by atoms with Crippen molar-refractivity contribution in [2.45, 2.75) is 62.8 Å². The van der Waals surface area contributed by atoms with Gasteiger partial charge in [0.25, 0.3) is 0 Å². The molecule has 0 saturated heterocycles. The summed E-state index contributed by atoms with van der Waals surface area (Å²) in [6.07, 6.45) is 9.56. The molecule has 19 heavy (non-hydrogen) atoms. The maximum atomic E-state index is 3.76. The zero-order valence-electron chi connectivity index (χ0n) is 12.2. The van der Waals surface area contributed by atoms with Gasteiger partial charge in [0.15, 0.2) is 0 Å². The van der Waals surface area contributed by atoms with Gasteiger partial charge in [-0.05, 0) is 36.8 Å². The molecule has 0 fully saturated rings. The number of benzene rings is 1. The SMILES string of the molecule is CCCCCCCCNC1CCSc2ccccc21. The van der Waals surface area contributed by atoms with Crippen LogP contribution in [0.1, 0.15) is 63.5 Å². The maximum absolute atomic E-state index is 3.76. The molecule has 0 aromatic heterocycles. The van der Waals surface area contributed by atoms with Crippen molar-refractivity contribution in [3.63, 3.8) is 0 Å². The summed E-state index contributed by atoms with van der Waals surface area (Å²) in [6, 6.07) is 9.47. The van der Waals surface area contributed by atoms with E-state index in [0.717, 1.165) is 0 Å². The Morgan fingerprint density at radius 2 is 1.89 bits per heavy atom. The van der Waals surface area contributed by atoms with Crippen molar-refractivity contribution in [2.24, 2.45) is 0 Å². The van der Waals surface area contributed by atoms with E-state index in [2.05, 4.69) is 36.5 Å². The Kier molecular flexibility index (Phi) is 6.80. The first-order chi connectivity index (χ1) is 9.42. The molecule has 106 valence electrons. The highest BCUT2D eigenvalue weighted by Gasteiger charge is 2.18. The van der Waals surface area contributed by atoms with Crippen LogP contribution in [0.25, 0.3) is 0 Å². The highest BCUT2D eigenvalue weighted by molar-refractivity contribution is 7.99. The van der Waals surface area contributed by atoms with Gasteiger partial charge in [0.1, 0.15) is 0 Å². The number of unbranched alkanes of at least 4 members (excludes halogenated alkanes) is 5. The minimum Gasteiger partial charge on any atom is -0.310 e. The van der Waals surface area contributed by atoms with Crippen molar-refractivity contribution in [1.29, 1.82) is 0 Å². The fourth-order valence-corrected chi connectivity index (χ4v) is 3.86. The molecule has 2 heteroatoms. The van der Waals surface area contributed by atoms with Gasteiger partial charge in [0.05, 0.1) is 0 Å². The lowest BCUT2D eigenvalue weighted by Crippen LogP contribution is -2.25. The molecule has 1 nitrogen and oxygen atoms in total. The molecule has 0 spiro atoms. The van der Waals surface area contributed by atoms with Crippen LogP contribution in [0, 0.1) is 0 Å². The van der Waals surface area contributed by atoms with E-state index in [9.17, 15) is 0 Å². The molecule has 1 aromatic rings. The third-order valence-corrected chi connectivity index (χ3v) is 5.00. The van der Waals surface area contributed by atoms with Crippen molar-refractivity contribution in [3.8, 4) is 0 Å². The van der Waals surface area contributed by atoms with Gasteiger partial charge in [0.2, 0.25) is 0 Å². The van der Waals surface area contributed by atoms with Gasteiger partial charge in [0, 0.05) is 10.9 Å². The lowest BCUT2D eigenvalue weighted by atomic mass is 10.0. The van der Waals surface area contributed by atoms with E-state index < -0.39 is 0 Å². The van der Waals surface area contributed by atoms with Gasteiger partial charge in [-0.1, -0.05) is 57.2 Å². The number of nitrogens with one attached hydrogen (secondary N) is 1. The van der Waals surface area contributed by atoms with Crippen LogP contribution in [-0.2, 0) is 0 Å².